The standard InChI is InChI=1S/C21H20N2/c1-23-11-10-18-13-19(22)14-20(21(18)23)17-9-5-8-16(12-17)15-6-3-2-4-7-15/h2-4,6-7,9-14H,5,8,22H2,1H3. The predicted molar refractivity (Wildman–Crippen MR) is 99.0 cm³/mol. The van der Waals surface area contributed by atoms with E-state index in [2.05, 4.69) is 72.4 Å². The molecule has 0 aliphatic heterocycles. The molecule has 3 aromatic rings. The highest BCUT2D eigenvalue weighted by Crippen LogP contribution is 2.35. The van der Waals surface area contributed by atoms with E-state index >= 15 is 0 Å². The third-order valence-electron chi connectivity index (χ3n) is 4.56. The first-order chi connectivity index (χ1) is 11.2. The number of nitrogens with zero attached hydrogens (tertiary/aromatic N) is 1. The fraction of sp³-hybridized carbons (Fsp3) is 0.143. The Hall–Kier alpha value is -2.74. The van der Waals surface area contributed by atoms with Crippen molar-refractivity contribution in [2.45, 2.75) is 12.8 Å². The monoisotopic (exact) mass is 300 g/mol. The number of benzene rings is 2. The van der Waals surface area contributed by atoms with Crippen LogP contribution in [-0.4, -0.2) is 4.57 Å². The van der Waals surface area contributed by atoms with Crippen molar-refractivity contribution >= 4 is 27.7 Å². The van der Waals surface area contributed by atoms with Crippen LogP contribution in [0.15, 0.2) is 66.9 Å². The van der Waals surface area contributed by atoms with Crippen molar-refractivity contribution in [3.8, 4) is 0 Å². The predicted octanol–water partition coefficient (Wildman–Crippen LogP) is 5.02. The van der Waals surface area contributed by atoms with Crippen molar-refractivity contribution in [2.24, 2.45) is 7.05 Å². The van der Waals surface area contributed by atoms with Gasteiger partial charge in [-0.25, -0.2) is 0 Å². The van der Waals surface area contributed by atoms with Crippen LogP contribution in [0.1, 0.15) is 24.0 Å². The normalized spacial score (nSPS) is 14.7. The molecule has 0 saturated carbocycles. The summed E-state index contributed by atoms with van der Waals surface area (Å²) in [6.45, 7) is 0. The fourth-order valence-corrected chi connectivity index (χ4v) is 3.46. The molecule has 2 heteroatoms. The van der Waals surface area contributed by atoms with Crippen molar-refractivity contribution in [1.82, 2.24) is 4.57 Å². The van der Waals surface area contributed by atoms with Crippen LogP contribution in [0.4, 0.5) is 5.69 Å². The summed E-state index contributed by atoms with van der Waals surface area (Å²) in [5, 5.41) is 1.20. The van der Waals surface area contributed by atoms with E-state index in [1.807, 2.05) is 6.07 Å². The molecular formula is C21H20N2. The molecule has 1 heterocycles. The molecule has 23 heavy (non-hydrogen) atoms. The van der Waals surface area contributed by atoms with E-state index in [0.717, 1.165) is 18.5 Å². The number of fused-ring (bicyclic) bond motifs is 1. The zero-order valence-electron chi connectivity index (χ0n) is 13.3. The average molecular weight is 300 g/mol. The summed E-state index contributed by atoms with van der Waals surface area (Å²) in [4.78, 5) is 0. The molecule has 0 saturated heterocycles. The summed E-state index contributed by atoms with van der Waals surface area (Å²) in [6, 6.07) is 16.9. The van der Waals surface area contributed by atoms with Crippen LogP contribution in [0.25, 0.3) is 22.0 Å². The van der Waals surface area contributed by atoms with E-state index in [1.165, 1.54) is 33.2 Å². The van der Waals surface area contributed by atoms with E-state index in [-0.39, 0.29) is 0 Å². The van der Waals surface area contributed by atoms with Gasteiger partial charge < -0.3 is 10.3 Å². The van der Waals surface area contributed by atoms with Crippen molar-refractivity contribution in [3.05, 3.63) is 78.0 Å². The lowest BCUT2D eigenvalue weighted by atomic mass is 9.90. The second-order valence-electron chi connectivity index (χ2n) is 6.17. The molecule has 0 bridgehead atoms. The highest BCUT2D eigenvalue weighted by Gasteiger charge is 2.13. The minimum absolute atomic E-state index is 0.819. The van der Waals surface area contributed by atoms with Crippen LogP contribution >= 0.6 is 0 Å². The zero-order chi connectivity index (χ0) is 15.8. The van der Waals surface area contributed by atoms with E-state index in [1.54, 1.807) is 0 Å². The van der Waals surface area contributed by atoms with Gasteiger partial charge in [-0.2, -0.15) is 0 Å². The Morgan fingerprint density at radius 2 is 1.87 bits per heavy atom. The molecular weight excluding hydrogens is 280 g/mol. The average Bonchev–Trinajstić information content (AvgIpc) is 2.96. The van der Waals surface area contributed by atoms with Gasteiger partial charge in [-0.05, 0) is 47.8 Å². The van der Waals surface area contributed by atoms with Crippen LogP contribution in [0.2, 0.25) is 0 Å². The van der Waals surface area contributed by atoms with Crippen molar-refractivity contribution in [3.63, 3.8) is 0 Å². The van der Waals surface area contributed by atoms with Crippen LogP contribution in [0.5, 0.6) is 0 Å². The highest BCUT2D eigenvalue weighted by molar-refractivity contribution is 5.99. The van der Waals surface area contributed by atoms with Gasteiger partial charge in [0.1, 0.15) is 0 Å². The molecule has 2 aromatic carbocycles. The molecule has 0 amide bonds. The summed E-state index contributed by atoms with van der Waals surface area (Å²) >= 11 is 0. The maximum Gasteiger partial charge on any atom is 0.0558 e. The maximum absolute atomic E-state index is 6.13. The van der Waals surface area contributed by atoms with E-state index < -0.39 is 0 Å². The molecule has 4 rings (SSSR count). The first kappa shape index (κ1) is 13.9. The van der Waals surface area contributed by atoms with Gasteiger partial charge in [0.05, 0.1) is 5.52 Å². The maximum atomic E-state index is 6.13. The number of nitrogens with two attached hydrogens (primary N) is 1. The second kappa shape index (κ2) is 5.47. The van der Waals surface area contributed by atoms with Gasteiger partial charge in [-0.15, -0.1) is 0 Å². The van der Waals surface area contributed by atoms with Gasteiger partial charge in [0.2, 0.25) is 0 Å². The Labute approximate surface area is 136 Å². The molecule has 1 aromatic heterocycles. The number of anilines is 1. The van der Waals surface area contributed by atoms with Gasteiger partial charge in [-0.3, -0.25) is 0 Å². The lowest BCUT2D eigenvalue weighted by Gasteiger charge is -2.16. The van der Waals surface area contributed by atoms with E-state index in [4.69, 9.17) is 5.73 Å². The third kappa shape index (κ3) is 2.46. The van der Waals surface area contributed by atoms with Crippen molar-refractivity contribution in [2.75, 3.05) is 5.73 Å². The number of rotatable bonds is 2. The molecule has 0 unspecified atom stereocenters. The molecule has 0 atom stereocenters. The minimum atomic E-state index is 0.819. The number of aryl methyl sites for hydroxylation is 1. The largest absolute Gasteiger partial charge is 0.399 e. The summed E-state index contributed by atoms with van der Waals surface area (Å²) in [5.74, 6) is 0. The Morgan fingerprint density at radius 1 is 1.04 bits per heavy atom. The molecule has 0 spiro atoms. The Bertz CT molecular complexity index is 927. The van der Waals surface area contributed by atoms with Gasteiger partial charge in [0, 0.05) is 29.9 Å². The van der Waals surface area contributed by atoms with Crippen LogP contribution in [-0.2, 0) is 7.05 Å². The van der Waals surface area contributed by atoms with Crippen LogP contribution in [0.3, 0.4) is 0 Å². The molecule has 0 radical (unpaired) electrons. The Balaban J connectivity index is 1.86. The summed E-state index contributed by atoms with van der Waals surface area (Å²) in [5.41, 5.74) is 13.4. The van der Waals surface area contributed by atoms with E-state index in [0.29, 0.717) is 0 Å². The first-order valence-corrected chi connectivity index (χ1v) is 8.03. The van der Waals surface area contributed by atoms with Gasteiger partial charge in [0.15, 0.2) is 0 Å². The number of hydrogen-bond donors (Lipinski definition) is 1. The molecule has 1 aliphatic rings. The quantitative estimate of drug-likeness (QED) is 0.662. The molecule has 114 valence electrons. The second-order valence-corrected chi connectivity index (χ2v) is 6.17. The number of allylic oxidation sites excluding steroid dienone is 4. The smallest absolute Gasteiger partial charge is 0.0558 e. The van der Waals surface area contributed by atoms with Crippen LogP contribution < -0.4 is 5.73 Å². The lowest BCUT2D eigenvalue weighted by molar-refractivity contribution is 0.967. The summed E-state index contributed by atoms with van der Waals surface area (Å²) in [7, 11) is 2.09. The first-order valence-electron chi connectivity index (χ1n) is 8.03. The number of aromatic nitrogens is 1. The molecule has 2 nitrogen and oxygen atoms in total. The van der Waals surface area contributed by atoms with Crippen molar-refractivity contribution in [1.29, 1.82) is 0 Å². The van der Waals surface area contributed by atoms with E-state index in [9.17, 15) is 0 Å². The molecule has 0 fully saturated rings. The number of hydrogen-bond acceptors (Lipinski definition) is 1. The third-order valence-corrected chi connectivity index (χ3v) is 4.56. The Kier molecular flexibility index (Phi) is 3.30. The van der Waals surface area contributed by atoms with Gasteiger partial charge >= 0.3 is 0 Å². The van der Waals surface area contributed by atoms with Gasteiger partial charge in [-0.1, -0.05) is 42.5 Å². The topological polar surface area (TPSA) is 30.9 Å². The Morgan fingerprint density at radius 3 is 2.70 bits per heavy atom. The SMILES string of the molecule is Cn1ccc2cc(N)cc(C3=CCCC(c4ccccc4)=C3)c21. The number of nitrogen functional groups attached to an aromatic ring is 1. The molecule has 2 N–H and O–H groups in total. The summed E-state index contributed by atoms with van der Waals surface area (Å²) in [6.07, 6.45) is 8.90. The highest BCUT2D eigenvalue weighted by atomic mass is 14.9. The van der Waals surface area contributed by atoms with Crippen LogP contribution in [0, 0.1) is 0 Å². The zero-order valence-corrected chi connectivity index (χ0v) is 13.3. The van der Waals surface area contributed by atoms with Gasteiger partial charge in [0.25, 0.3) is 0 Å². The fourth-order valence-electron chi connectivity index (χ4n) is 3.46. The summed E-state index contributed by atoms with van der Waals surface area (Å²) < 4.78 is 2.18. The van der Waals surface area contributed by atoms with Crippen molar-refractivity contribution < 1.29 is 0 Å². The molecule has 1 aliphatic carbocycles. The minimum Gasteiger partial charge on any atom is -0.399 e. The lowest BCUT2D eigenvalue weighted by Crippen LogP contribution is -1.97.